The van der Waals surface area contributed by atoms with E-state index < -0.39 is 11.9 Å². The largest absolute Gasteiger partial charge is 0.355 e. The summed E-state index contributed by atoms with van der Waals surface area (Å²) in [5.74, 6) is -0.390. The molecule has 0 spiro atoms. The Labute approximate surface area is 166 Å². The summed E-state index contributed by atoms with van der Waals surface area (Å²) in [7, 11) is 0. The van der Waals surface area contributed by atoms with Gasteiger partial charge in [-0.05, 0) is 36.4 Å². The molecule has 3 N–H and O–H groups in total. The molecule has 2 aromatic rings. The second kappa shape index (κ2) is 8.92. The van der Waals surface area contributed by atoms with Gasteiger partial charge in [0.05, 0.1) is 17.7 Å². The van der Waals surface area contributed by atoms with Gasteiger partial charge in [-0.25, -0.2) is 0 Å². The van der Waals surface area contributed by atoms with Crippen LogP contribution in [-0.4, -0.2) is 36.1 Å². The molecule has 0 bridgehead atoms. The number of para-hydroxylation sites is 1. The third kappa shape index (κ3) is 5.24. The second-order valence-corrected chi connectivity index (χ2v) is 7.52. The third-order valence-corrected chi connectivity index (χ3v) is 5.21. The van der Waals surface area contributed by atoms with Crippen LogP contribution in [0.25, 0.3) is 0 Å². The standard InChI is InChI=1S/C19H18ClN3O3S/c20-12-5-7-13(8-6-12)27-10-9-21-17(24)11-16-19(26)22-15-4-2-1-3-14(15)18(25)23-16/h1-8,16H,9-11H2,(H,21,24)(H,22,26)(H,23,25)/t16-/m1/s1. The maximum atomic E-state index is 12.3. The second-order valence-electron chi connectivity index (χ2n) is 5.92. The number of amides is 3. The van der Waals surface area contributed by atoms with Crippen LogP contribution in [-0.2, 0) is 9.59 Å². The molecule has 1 atom stereocenters. The fourth-order valence-electron chi connectivity index (χ4n) is 2.60. The van der Waals surface area contributed by atoms with Crippen molar-refractivity contribution in [3.8, 4) is 0 Å². The van der Waals surface area contributed by atoms with Crippen LogP contribution in [0.5, 0.6) is 0 Å². The molecule has 0 fully saturated rings. The number of hydrogen-bond acceptors (Lipinski definition) is 4. The Bertz CT molecular complexity index is 858. The number of rotatable bonds is 6. The molecule has 140 valence electrons. The maximum absolute atomic E-state index is 12.3. The average Bonchev–Trinajstić information content (AvgIpc) is 2.77. The van der Waals surface area contributed by atoms with Crippen molar-refractivity contribution in [2.45, 2.75) is 17.4 Å². The molecular weight excluding hydrogens is 386 g/mol. The lowest BCUT2D eigenvalue weighted by Gasteiger charge is -2.14. The van der Waals surface area contributed by atoms with E-state index in [9.17, 15) is 14.4 Å². The summed E-state index contributed by atoms with van der Waals surface area (Å²) in [6.45, 7) is 0.453. The van der Waals surface area contributed by atoms with Gasteiger partial charge >= 0.3 is 0 Å². The Morgan fingerprint density at radius 1 is 1.11 bits per heavy atom. The molecule has 3 rings (SSSR count). The minimum absolute atomic E-state index is 0.114. The van der Waals surface area contributed by atoms with Crippen LogP contribution >= 0.6 is 23.4 Å². The zero-order valence-corrected chi connectivity index (χ0v) is 15.9. The third-order valence-electron chi connectivity index (χ3n) is 3.95. The predicted octanol–water partition coefficient (Wildman–Crippen LogP) is 2.69. The van der Waals surface area contributed by atoms with E-state index in [1.807, 2.05) is 24.3 Å². The number of hydrogen-bond donors (Lipinski definition) is 3. The molecule has 6 nitrogen and oxygen atoms in total. The van der Waals surface area contributed by atoms with E-state index in [2.05, 4.69) is 16.0 Å². The van der Waals surface area contributed by atoms with E-state index in [0.717, 1.165) is 4.90 Å². The Balaban J connectivity index is 1.47. The lowest BCUT2D eigenvalue weighted by molar-refractivity contribution is -0.125. The topological polar surface area (TPSA) is 87.3 Å². The zero-order chi connectivity index (χ0) is 19.2. The molecule has 0 saturated heterocycles. The van der Waals surface area contributed by atoms with E-state index in [1.165, 1.54) is 0 Å². The summed E-state index contributed by atoms with van der Waals surface area (Å²) >= 11 is 7.43. The highest BCUT2D eigenvalue weighted by atomic mass is 35.5. The van der Waals surface area contributed by atoms with Gasteiger partial charge in [0.2, 0.25) is 11.8 Å². The van der Waals surface area contributed by atoms with Gasteiger partial charge in [-0.2, -0.15) is 0 Å². The smallest absolute Gasteiger partial charge is 0.254 e. The monoisotopic (exact) mass is 403 g/mol. The van der Waals surface area contributed by atoms with Gasteiger partial charge < -0.3 is 16.0 Å². The van der Waals surface area contributed by atoms with E-state index in [4.69, 9.17) is 11.6 Å². The van der Waals surface area contributed by atoms with Crippen molar-refractivity contribution in [3.05, 3.63) is 59.1 Å². The lowest BCUT2D eigenvalue weighted by Crippen LogP contribution is -2.44. The fourth-order valence-corrected chi connectivity index (χ4v) is 3.50. The highest BCUT2D eigenvalue weighted by Gasteiger charge is 2.29. The first-order valence-electron chi connectivity index (χ1n) is 8.39. The van der Waals surface area contributed by atoms with Crippen LogP contribution in [0, 0.1) is 0 Å². The van der Waals surface area contributed by atoms with Crippen molar-refractivity contribution < 1.29 is 14.4 Å². The Kier molecular flexibility index (Phi) is 6.36. The van der Waals surface area contributed by atoms with E-state index in [1.54, 1.807) is 36.0 Å². The van der Waals surface area contributed by atoms with Gasteiger partial charge in [0.1, 0.15) is 6.04 Å². The maximum Gasteiger partial charge on any atom is 0.254 e. The van der Waals surface area contributed by atoms with Crippen molar-refractivity contribution >= 4 is 46.8 Å². The van der Waals surface area contributed by atoms with E-state index in [0.29, 0.717) is 28.6 Å². The lowest BCUT2D eigenvalue weighted by atomic mass is 10.1. The highest BCUT2D eigenvalue weighted by molar-refractivity contribution is 7.99. The van der Waals surface area contributed by atoms with Gasteiger partial charge in [-0.1, -0.05) is 23.7 Å². The Hall–Kier alpha value is -2.51. The van der Waals surface area contributed by atoms with Crippen LogP contribution < -0.4 is 16.0 Å². The van der Waals surface area contributed by atoms with Gasteiger partial charge in [0.25, 0.3) is 5.91 Å². The Morgan fingerprint density at radius 2 is 1.85 bits per heavy atom. The summed E-state index contributed by atoms with van der Waals surface area (Å²) < 4.78 is 0. The Morgan fingerprint density at radius 3 is 2.63 bits per heavy atom. The molecule has 0 unspecified atom stereocenters. The van der Waals surface area contributed by atoms with Crippen LogP contribution in [0.4, 0.5) is 5.69 Å². The zero-order valence-electron chi connectivity index (χ0n) is 14.3. The van der Waals surface area contributed by atoms with Crippen LogP contribution in [0.15, 0.2) is 53.4 Å². The number of carbonyl (C=O) groups excluding carboxylic acids is 3. The minimum Gasteiger partial charge on any atom is -0.355 e. The van der Waals surface area contributed by atoms with Crippen LogP contribution in [0.1, 0.15) is 16.8 Å². The highest BCUT2D eigenvalue weighted by Crippen LogP contribution is 2.20. The molecule has 0 saturated carbocycles. The number of carbonyl (C=O) groups is 3. The molecule has 8 heteroatoms. The number of fused-ring (bicyclic) bond motifs is 1. The van der Waals surface area contributed by atoms with Crippen molar-refractivity contribution in [2.24, 2.45) is 0 Å². The van der Waals surface area contributed by atoms with Crippen molar-refractivity contribution in [3.63, 3.8) is 0 Å². The molecule has 0 aliphatic carbocycles. The molecule has 0 radical (unpaired) electrons. The fraction of sp³-hybridized carbons (Fsp3) is 0.211. The summed E-state index contributed by atoms with van der Waals surface area (Å²) in [5.41, 5.74) is 0.829. The first kappa shape index (κ1) is 19.3. The van der Waals surface area contributed by atoms with E-state index in [-0.39, 0.29) is 18.2 Å². The van der Waals surface area contributed by atoms with Crippen molar-refractivity contribution in [2.75, 3.05) is 17.6 Å². The van der Waals surface area contributed by atoms with Gasteiger partial charge in [0, 0.05) is 22.2 Å². The predicted molar refractivity (Wildman–Crippen MR) is 106 cm³/mol. The molecule has 0 aromatic heterocycles. The quantitative estimate of drug-likeness (QED) is 0.511. The van der Waals surface area contributed by atoms with Crippen LogP contribution in [0.2, 0.25) is 5.02 Å². The number of halogens is 1. The van der Waals surface area contributed by atoms with Crippen molar-refractivity contribution in [1.29, 1.82) is 0 Å². The summed E-state index contributed by atoms with van der Waals surface area (Å²) in [5, 5.41) is 8.74. The molecule has 1 aliphatic heterocycles. The number of benzene rings is 2. The van der Waals surface area contributed by atoms with Gasteiger partial charge in [-0.3, -0.25) is 14.4 Å². The molecule has 1 heterocycles. The van der Waals surface area contributed by atoms with Crippen molar-refractivity contribution in [1.82, 2.24) is 10.6 Å². The summed E-state index contributed by atoms with van der Waals surface area (Å²) in [4.78, 5) is 37.7. The summed E-state index contributed by atoms with van der Waals surface area (Å²) in [6, 6.07) is 13.3. The first-order chi connectivity index (χ1) is 13.0. The average molecular weight is 404 g/mol. The van der Waals surface area contributed by atoms with Gasteiger partial charge in [0.15, 0.2) is 0 Å². The van der Waals surface area contributed by atoms with Gasteiger partial charge in [-0.15, -0.1) is 11.8 Å². The number of thioether (sulfide) groups is 1. The molecule has 27 heavy (non-hydrogen) atoms. The minimum atomic E-state index is -0.909. The van der Waals surface area contributed by atoms with E-state index >= 15 is 0 Å². The summed E-state index contributed by atoms with van der Waals surface area (Å²) in [6.07, 6.45) is -0.114. The SMILES string of the molecule is O=C(C[C@H]1NC(=O)c2ccccc2NC1=O)NCCSc1ccc(Cl)cc1. The number of anilines is 1. The molecule has 3 amide bonds. The molecule has 2 aromatic carbocycles. The van der Waals surface area contributed by atoms with Crippen LogP contribution in [0.3, 0.4) is 0 Å². The number of nitrogens with one attached hydrogen (secondary N) is 3. The molecular formula is C19H18ClN3O3S. The normalized spacial score (nSPS) is 16.0. The molecule has 1 aliphatic rings. The first-order valence-corrected chi connectivity index (χ1v) is 9.75.